The standard InChI is InChI=1S/C32H48N4O3S/c1-8-16-23(9-2)26(24-17-12-10-13-18-24)21-34-31(39)28(32(4,5)40-7)36-30(38)27(25-19-14-11-15-20-25)35-29(37)22(3)33-6/h8-10,12-13,16-18,22,25-28,33H,1-2,11,14-15,19-21H2,3-7H3,(H,34,39)(H,35,37)(H,36,38)/b23-16+/t22?,26?,27-,28?/m0/s1. The highest BCUT2D eigenvalue weighted by molar-refractivity contribution is 8.00. The van der Waals surface area contributed by atoms with Gasteiger partial charge in [-0.05, 0) is 64.0 Å². The van der Waals surface area contributed by atoms with Crippen LogP contribution in [0.2, 0.25) is 0 Å². The third kappa shape index (κ3) is 9.37. The zero-order valence-electron chi connectivity index (χ0n) is 24.8. The molecule has 0 saturated heterocycles. The fourth-order valence-electron chi connectivity index (χ4n) is 5.06. The first-order valence-electron chi connectivity index (χ1n) is 14.2. The van der Waals surface area contributed by atoms with Crippen molar-refractivity contribution in [3.63, 3.8) is 0 Å². The van der Waals surface area contributed by atoms with Crippen molar-refractivity contribution in [1.82, 2.24) is 21.3 Å². The van der Waals surface area contributed by atoms with Gasteiger partial charge in [0.2, 0.25) is 17.7 Å². The Morgan fingerprint density at radius 2 is 1.68 bits per heavy atom. The van der Waals surface area contributed by atoms with Gasteiger partial charge in [0.05, 0.1) is 6.04 Å². The van der Waals surface area contributed by atoms with Crippen molar-refractivity contribution in [2.24, 2.45) is 5.92 Å². The summed E-state index contributed by atoms with van der Waals surface area (Å²) in [5.41, 5.74) is 1.98. The van der Waals surface area contributed by atoms with Crippen LogP contribution >= 0.6 is 11.8 Å². The number of nitrogens with one attached hydrogen (secondary N) is 4. The van der Waals surface area contributed by atoms with Gasteiger partial charge >= 0.3 is 0 Å². The van der Waals surface area contributed by atoms with Gasteiger partial charge in [0.25, 0.3) is 0 Å². The van der Waals surface area contributed by atoms with E-state index in [1.807, 2.05) is 56.5 Å². The summed E-state index contributed by atoms with van der Waals surface area (Å²) in [4.78, 5) is 40.4. The van der Waals surface area contributed by atoms with Crippen LogP contribution in [0.15, 0.2) is 67.3 Å². The molecule has 4 N–H and O–H groups in total. The van der Waals surface area contributed by atoms with E-state index in [-0.39, 0.29) is 29.6 Å². The fraction of sp³-hybridized carbons (Fsp3) is 0.531. The van der Waals surface area contributed by atoms with Crippen molar-refractivity contribution in [3.8, 4) is 0 Å². The molecule has 7 nitrogen and oxygen atoms in total. The molecule has 1 aromatic rings. The molecule has 3 unspecified atom stereocenters. The molecule has 0 radical (unpaired) electrons. The smallest absolute Gasteiger partial charge is 0.244 e. The van der Waals surface area contributed by atoms with Crippen LogP contribution in [0.25, 0.3) is 0 Å². The second kappa shape index (κ2) is 16.4. The molecular weight excluding hydrogens is 520 g/mol. The Morgan fingerprint density at radius 1 is 1.02 bits per heavy atom. The minimum atomic E-state index is -0.813. The summed E-state index contributed by atoms with van der Waals surface area (Å²) in [6.07, 6.45) is 12.2. The number of hydrogen-bond acceptors (Lipinski definition) is 5. The van der Waals surface area contributed by atoms with Crippen molar-refractivity contribution < 1.29 is 14.4 Å². The highest BCUT2D eigenvalue weighted by Gasteiger charge is 2.40. The Kier molecular flexibility index (Phi) is 13.7. The molecule has 0 aromatic heterocycles. The molecule has 1 saturated carbocycles. The number of amides is 3. The van der Waals surface area contributed by atoms with E-state index < -0.39 is 22.9 Å². The quantitative estimate of drug-likeness (QED) is 0.234. The van der Waals surface area contributed by atoms with E-state index in [0.717, 1.165) is 43.2 Å². The van der Waals surface area contributed by atoms with E-state index in [4.69, 9.17) is 0 Å². The largest absolute Gasteiger partial charge is 0.353 e. The van der Waals surface area contributed by atoms with Crippen LogP contribution < -0.4 is 21.3 Å². The minimum absolute atomic E-state index is 0.0320. The van der Waals surface area contributed by atoms with Gasteiger partial charge in [0.1, 0.15) is 12.1 Å². The highest BCUT2D eigenvalue weighted by atomic mass is 32.2. The number of rotatable bonds is 15. The fourth-order valence-corrected chi connectivity index (χ4v) is 5.46. The number of thioether (sulfide) groups is 1. The SMILES string of the molecule is C=C/C=C(\C=C)C(CNC(=O)C(NC(=O)[C@@H](NC(=O)C(C)NC)C1CCCCC1)C(C)(C)SC)c1ccccc1. The molecule has 0 bridgehead atoms. The van der Waals surface area contributed by atoms with Crippen molar-refractivity contribution in [2.45, 2.75) is 81.7 Å². The first kappa shape index (κ1) is 33.4. The number of benzene rings is 1. The molecule has 0 aliphatic heterocycles. The molecule has 1 aliphatic carbocycles. The molecule has 40 heavy (non-hydrogen) atoms. The maximum Gasteiger partial charge on any atom is 0.244 e. The Labute approximate surface area is 245 Å². The summed E-state index contributed by atoms with van der Waals surface area (Å²) >= 11 is 1.51. The zero-order valence-corrected chi connectivity index (χ0v) is 25.6. The van der Waals surface area contributed by atoms with Crippen LogP contribution in [-0.4, -0.2) is 60.4 Å². The van der Waals surface area contributed by atoms with Gasteiger partial charge in [0.15, 0.2) is 0 Å². The van der Waals surface area contributed by atoms with Gasteiger partial charge in [-0.3, -0.25) is 14.4 Å². The first-order chi connectivity index (χ1) is 19.1. The summed E-state index contributed by atoms with van der Waals surface area (Å²) in [5.74, 6) is -0.914. The van der Waals surface area contributed by atoms with E-state index >= 15 is 0 Å². The third-order valence-corrected chi connectivity index (χ3v) is 9.22. The van der Waals surface area contributed by atoms with Crippen LogP contribution in [-0.2, 0) is 14.4 Å². The Bertz CT molecular complexity index is 1030. The normalized spacial score (nSPS) is 17.6. The predicted octanol–water partition coefficient (Wildman–Crippen LogP) is 4.48. The van der Waals surface area contributed by atoms with Crippen LogP contribution in [0, 0.1) is 5.92 Å². The van der Waals surface area contributed by atoms with Crippen molar-refractivity contribution >= 4 is 29.5 Å². The van der Waals surface area contributed by atoms with Crippen LogP contribution in [0.5, 0.6) is 0 Å². The topological polar surface area (TPSA) is 99.3 Å². The van der Waals surface area contributed by atoms with Gasteiger partial charge in [-0.25, -0.2) is 0 Å². The van der Waals surface area contributed by atoms with Gasteiger partial charge in [-0.2, -0.15) is 11.8 Å². The molecule has 2 rings (SSSR count). The average Bonchev–Trinajstić information content (AvgIpc) is 2.98. The number of likely N-dealkylation sites (N-methyl/N-ethyl adjacent to an activating group) is 1. The molecule has 1 fully saturated rings. The number of allylic oxidation sites excluding steroid dienone is 3. The number of hydrogen-bond donors (Lipinski definition) is 4. The van der Waals surface area contributed by atoms with Crippen LogP contribution in [0.3, 0.4) is 0 Å². The van der Waals surface area contributed by atoms with Crippen LogP contribution in [0.1, 0.15) is 64.4 Å². The third-order valence-electron chi connectivity index (χ3n) is 7.93. The van der Waals surface area contributed by atoms with E-state index in [1.165, 1.54) is 11.8 Å². The van der Waals surface area contributed by atoms with Gasteiger partial charge in [-0.15, -0.1) is 0 Å². The van der Waals surface area contributed by atoms with E-state index in [9.17, 15) is 14.4 Å². The van der Waals surface area contributed by atoms with E-state index in [2.05, 4.69) is 34.4 Å². The second-order valence-corrected chi connectivity index (χ2v) is 12.4. The Hall–Kier alpha value is -2.84. The molecule has 8 heteroatoms. The van der Waals surface area contributed by atoms with Crippen molar-refractivity contribution in [3.05, 3.63) is 72.9 Å². The molecule has 0 spiro atoms. The van der Waals surface area contributed by atoms with Gasteiger partial charge in [0, 0.05) is 17.2 Å². The van der Waals surface area contributed by atoms with Crippen LogP contribution in [0.4, 0.5) is 0 Å². The number of carbonyl (C=O) groups is 3. The molecule has 4 atom stereocenters. The lowest BCUT2D eigenvalue weighted by Crippen LogP contribution is -2.62. The lowest BCUT2D eigenvalue weighted by molar-refractivity contribution is -0.134. The van der Waals surface area contributed by atoms with Crippen molar-refractivity contribution in [1.29, 1.82) is 0 Å². The molecule has 3 amide bonds. The Morgan fingerprint density at radius 3 is 2.23 bits per heavy atom. The maximum atomic E-state index is 13.8. The average molecular weight is 569 g/mol. The lowest BCUT2D eigenvalue weighted by Gasteiger charge is -2.36. The summed E-state index contributed by atoms with van der Waals surface area (Å²) in [6, 6.07) is 7.98. The highest BCUT2D eigenvalue weighted by Crippen LogP contribution is 2.30. The number of carbonyl (C=O) groups excluding carboxylic acids is 3. The molecule has 0 heterocycles. The molecular formula is C32H48N4O3S. The monoisotopic (exact) mass is 568 g/mol. The van der Waals surface area contributed by atoms with E-state index in [0.29, 0.717) is 6.54 Å². The van der Waals surface area contributed by atoms with Crippen molar-refractivity contribution in [2.75, 3.05) is 19.8 Å². The van der Waals surface area contributed by atoms with Gasteiger partial charge < -0.3 is 21.3 Å². The minimum Gasteiger partial charge on any atom is -0.353 e. The summed E-state index contributed by atoms with van der Waals surface area (Å²) in [7, 11) is 1.71. The molecule has 1 aromatic carbocycles. The molecule has 1 aliphatic rings. The summed E-state index contributed by atoms with van der Waals surface area (Å²) in [5, 5.41) is 12.1. The summed E-state index contributed by atoms with van der Waals surface area (Å²) < 4.78 is -0.598. The summed E-state index contributed by atoms with van der Waals surface area (Å²) in [6.45, 7) is 13.8. The molecule has 220 valence electrons. The predicted molar refractivity (Wildman–Crippen MR) is 167 cm³/mol. The lowest BCUT2D eigenvalue weighted by atomic mass is 9.83. The maximum absolute atomic E-state index is 13.8. The van der Waals surface area contributed by atoms with E-state index in [1.54, 1.807) is 26.1 Å². The zero-order chi connectivity index (χ0) is 29.7. The van der Waals surface area contributed by atoms with Gasteiger partial charge in [-0.1, -0.05) is 81.0 Å². The second-order valence-electron chi connectivity index (χ2n) is 11.0. The first-order valence-corrected chi connectivity index (χ1v) is 15.4. The Balaban J connectivity index is 2.30.